The summed E-state index contributed by atoms with van der Waals surface area (Å²) in [6.07, 6.45) is 3.09. The summed E-state index contributed by atoms with van der Waals surface area (Å²) in [5.74, 6) is 0.645. The van der Waals surface area contributed by atoms with E-state index in [9.17, 15) is 4.79 Å². The fraction of sp³-hybridized carbons (Fsp3) is 0.286. The summed E-state index contributed by atoms with van der Waals surface area (Å²) in [6.45, 7) is 1.33. The molecule has 0 aliphatic carbocycles. The third-order valence-electron chi connectivity index (χ3n) is 4.28. The number of ether oxygens (including phenoxy) is 1. The first kappa shape index (κ1) is 18.2. The van der Waals surface area contributed by atoms with Gasteiger partial charge in [-0.3, -0.25) is 4.79 Å². The van der Waals surface area contributed by atoms with E-state index in [0.717, 1.165) is 10.9 Å². The molecule has 0 unspecified atom stereocenters. The molecule has 0 amide bonds. The van der Waals surface area contributed by atoms with Crippen LogP contribution in [0.3, 0.4) is 0 Å². The van der Waals surface area contributed by atoms with E-state index in [4.69, 9.17) is 14.9 Å². The second kappa shape index (κ2) is 8.65. The van der Waals surface area contributed by atoms with Crippen LogP contribution < -0.4 is 4.74 Å². The molecule has 2 N–H and O–H groups in total. The first-order valence-electron chi connectivity index (χ1n) is 8.81. The zero-order valence-corrected chi connectivity index (χ0v) is 14.6. The maximum absolute atomic E-state index is 13.0. The predicted molar refractivity (Wildman–Crippen MR) is 101 cm³/mol. The maximum atomic E-state index is 13.0. The molecule has 2 aromatic carbocycles. The number of benzene rings is 2. The van der Waals surface area contributed by atoms with Crippen molar-refractivity contribution in [2.24, 2.45) is 0 Å². The maximum Gasteiger partial charge on any atom is 0.195 e. The van der Waals surface area contributed by atoms with Crippen LogP contribution in [0.4, 0.5) is 0 Å². The highest BCUT2D eigenvalue weighted by Gasteiger charge is 2.16. The molecule has 5 nitrogen and oxygen atoms in total. The van der Waals surface area contributed by atoms with Crippen molar-refractivity contribution in [2.75, 3.05) is 19.8 Å². The highest BCUT2D eigenvalue weighted by atomic mass is 16.5. The van der Waals surface area contributed by atoms with Crippen molar-refractivity contribution < 1.29 is 19.7 Å². The molecule has 0 bridgehead atoms. The van der Waals surface area contributed by atoms with Crippen molar-refractivity contribution in [3.8, 4) is 5.75 Å². The summed E-state index contributed by atoms with van der Waals surface area (Å²) in [7, 11) is 0. The lowest BCUT2D eigenvalue weighted by Gasteiger charge is -2.06. The molecule has 0 atom stereocenters. The van der Waals surface area contributed by atoms with E-state index in [1.165, 1.54) is 0 Å². The predicted octanol–water partition coefficient (Wildman–Crippen LogP) is 3.02. The Kier molecular flexibility index (Phi) is 6.04. The summed E-state index contributed by atoms with van der Waals surface area (Å²) in [5.41, 5.74) is 2.25. The number of aryl methyl sites for hydroxylation is 1. The fourth-order valence-electron chi connectivity index (χ4n) is 2.97. The van der Waals surface area contributed by atoms with E-state index >= 15 is 0 Å². The molecule has 0 fully saturated rings. The average molecular weight is 353 g/mol. The van der Waals surface area contributed by atoms with Gasteiger partial charge in [0.2, 0.25) is 0 Å². The lowest BCUT2D eigenvalue weighted by molar-refractivity contribution is 0.104. The van der Waals surface area contributed by atoms with Crippen molar-refractivity contribution in [3.05, 3.63) is 65.9 Å². The quantitative estimate of drug-likeness (QED) is 0.458. The van der Waals surface area contributed by atoms with E-state index in [1.54, 1.807) is 24.3 Å². The minimum Gasteiger partial charge on any atom is -0.494 e. The van der Waals surface area contributed by atoms with Gasteiger partial charge in [-0.2, -0.15) is 0 Å². The number of aliphatic hydroxyl groups excluding tert-OH is 2. The topological polar surface area (TPSA) is 71.7 Å². The van der Waals surface area contributed by atoms with Gasteiger partial charge >= 0.3 is 0 Å². The van der Waals surface area contributed by atoms with Crippen molar-refractivity contribution in [1.29, 1.82) is 0 Å². The monoisotopic (exact) mass is 353 g/mol. The van der Waals surface area contributed by atoms with Crippen molar-refractivity contribution in [2.45, 2.75) is 19.4 Å². The second-order valence-electron chi connectivity index (χ2n) is 6.11. The van der Waals surface area contributed by atoms with Gasteiger partial charge in [0, 0.05) is 54.4 Å². The summed E-state index contributed by atoms with van der Waals surface area (Å²) in [4.78, 5) is 13.0. The zero-order chi connectivity index (χ0) is 18.4. The van der Waals surface area contributed by atoms with Crippen LogP contribution in [0.1, 0.15) is 28.8 Å². The van der Waals surface area contributed by atoms with Crippen LogP contribution in [0, 0.1) is 0 Å². The van der Waals surface area contributed by atoms with Crippen LogP contribution in [0.2, 0.25) is 0 Å². The second-order valence-corrected chi connectivity index (χ2v) is 6.11. The Morgan fingerprint density at radius 2 is 1.69 bits per heavy atom. The van der Waals surface area contributed by atoms with E-state index in [0.29, 0.717) is 42.9 Å². The van der Waals surface area contributed by atoms with E-state index in [1.807, 2.05) is 35.0 Å². The van der Waals surface area contributed by atoms with Gasteiger partial charge in [-0.1, -0.05) is 18.2 Å². The molecule has 0 saturated heterocycles. The van der Waals surface area contributed by atoms with E-state index in [-0.39, 0.29) is 19.0 Å². The molecule has 0 aliphatic rings. The summed E-state index contributed by atoms with van der Waals surface area (Å²) in [5, 5.41) is 18.8. The Bertz CT molecular complexity index is 867. The molecule has 136 valence electrons. The largest absolute Gasteiger partial charge is 0.494 e. The van der Waals surface area contributed by atoms with Gasteiger partial charge in [-0.05, 0) is 36.8 Å². The average Bonchev–Trinajstić information content (AvgIpc) is 3.05. The molecular weight excluding hydrogens is 330 g/mol. The van der Waals surface area contributed by atoms with Crippen LogP contribution in [-0.2, 0) is 6.54 Å². The Morgan fingerprint density at radius 1 is 0.962 bits per heavy atom. The van der Waals surface area contributed by atoms with Gasteiger partial charge in [0.1, 0.15) is 5.75 Å². The number of carbonyl (C=O) groups excluding carboxylic acids is 1. The fourth-order valence-corrected chi connectivity index (χ4v) is 2.97. The van der Waals surface area contributed by atoms with Gasteiger partial charge < -0.3 is 19.5 Å². The van der Waals surface area contributed by atoms with Gasteiger partial charge in [0.15, 0.2) is 5.78 Å². The summed E-state index contributed by atoms with van der Waals surface area (Å²) < 4.78 is 7.53. The van der Waals surface area contributed by atoms with Crippen molar-refractivity contribution in [3.63, 3.8) is 0 Å². The zero-order valence-electron chi connectivity index (χ0n) is 14.6. The van der Waals surface area contributed by atoms with E-state index in [2.05, 4.69) is 0 Å². The Balaban J connectivity index is 1.85. The third kappa shape index (κ3) is 3.95. The van der Waals surface area contributed by atoms with Gasteiger partial charge in [0.25, 0.3) is 0 Å². The molecule has 0 aliphatic heterocycles. The molecule has 0 radical (unpaired) electrons. The first-order valence-corrected chi connectivity index (χ1v) is 8.81. The molecule has 5 heteroatoms. The number of carbonyl (C=O) groups is 1. The highest BCUT2D eigenvalue weighted by Crippen LogP contribution is 2.25. The molecule has 0 spiro atoms. The first-order chi connectivity index (χ1) is 12.7. The molecule has 3 rings (SSSR count). The molecule has 1 aromatic heterocycles. The van der Waals surface area contributed by atoms with Crippen LogP contribution in [0.5, 0.6) is 5.75 Å². The van der Waals surface area contributed by atoms with Gasteiger partial charge in [0.05, 0.1) is 6.61 Å². The smallest absolute Gasteiger partial charge is 0.195 e. The Hall–Kier alpha value is -2.63. The van der Waals surface area contributed by atoms with Crippen molar-refractivity contribution in [1.82, 2.24) is 4.57 Å². The number of ketones is 1. The molecule has 26 heavy (non-hydrogen) atoms. The molecular formula is C21H23NO4. The molecule has 1 heterocycles. The minimum absolute atomic E-state index is 0.0362. The normalized spacial score (nSPS) is 11.0. The van der Waals surface area contributed by atoms with Crippen LogP contribution in [-0.4, -0.2) is 40.4 Å². The number of aromatic nitrogens is 1. The number of fused-ring (bicyclic) bond motifs is 1. The van der Waals surface area contributed by atoms with Gasteiger partial charge in [-0.25, -0.2) is 0 Å². The number of para-hydroxylation sites is 1. The van der Waals surface area contributed by atoms with Crippen LogP contribution in [0.25, 0.3) is 10.9 Å². The number of hydrogen-bond donors (Lipinski definition) is 2. The Labute approximate surface area is 152 Å². The summed E-state index contributed by atoms with van der Waals surface area (Å²) in [6, 6.07) is 14.9. The summed E-state index contributed by atoms with van der Waals surface area (Å²) >= 11 is 0. The SMILES string of the molecule is O=C(c1ccc(OCCCO)cc1)c1cn(CCCO)c2ccccc12. The minimum atomic E-state index is -0.0362. The highest BCUT2D eigenvalue weighted by molar-refractivity contribution is 6.16. The van der Waals surface area contributed by atoms with E-state index < -0.39 is 0 Å². The number of rotatable bonds is 9. The van der Waals surface area contributed by atoms with Crippen molar-refractivity contribution >= 4 is 16.7 Å². The van der Waals surface area contributed by atoms with Gasteiger partial charge in [-0.15, -0.1) is 0 Å². The molecule has 0 saturated carbocycles. The number of nitrogens with zero attached hydrogens (tertiary/aromatic N) is 1. The standard InChI is InChI=1S/C21H23NO4/c23-12-3-11-22-15-19(18-5-1-2-6-20(18)22)21(25)16-7-9-17(10-8-16)26-14-4-13-24/h1-2,5-10,15,23-24H,3-4,11-14H2. The molecule has 3 aromatic rings. The lowest BCUT2D eigenvalue weighted by atomic mass is 10.0. The van der Waals surface area contributed by atoms with Crippen LogP contribution >= 0.6 is 0 Å². The number of aliphatic hydroxyl groups is 2. The number of hydrogen-bond acceptors (Lipinski definition) is 4. The third-order valence-corrected chi connectivity index (χ3v) is 4.28. The van der Waals surface area contributed by atoms with Crippen LogP contribution in [0.15, 0.2) is 54.7 Å². The Morgan fingerprint density at radius 3 is 2.42 bits per heavy atom. The lowest BCUT2D eigenvalue weighted by Crippen LogP contribution is -2.03.